The molecular weight excluding hydrogens is 468 g/mol. The Kier molecular flexibility index (Phi) is 8.53. The number of ether oxygens (including phenoxy) is 1. The Hall–Kier alpha value is -3.36. The number of halogens is 1. The van der Waals surface area contributed by atoms with Gasteiger partial charge in [-0.3, -0.25) is 9.59 Å². The van der Waals surface area contributed by atoms with Crippen LogP contribution in [0.3, 0.4) is 0 Å². The summed E-state index contributed by atoms with van der Waals surface area (Å²) in [6.45, 7) is 8.29. The molecule has 0 spiro atoms. The summed E-state index contributed by atoms with van der Waals surface area (Å²) in [6, 6.07) is 14.2. The van der Waals surface area contributed by atoms with Crippen molar-refractivity contribution in [2.75, 3.05) is 25.0 Å². The van der Waals surface area contributed by atoms with Crippen LogP contribution in [0.2, 0.25) is 5.02 Å². The molecule has 0 aliphatic carbocycles. The van der Waals surface area contributed by atoms with Crippen molar-refractivity contribution in [2.24, 2.45) is 11.1 Å². The molecular formula is C26H31ClN4O4. The van der Waals surface area contributed by atoms with Crippen molar-refractivity contribution < 1.29 is 18.8 Å². The van der Waals surface area contributed by atoms with E-state index in [2.05, 4.69) is 10.5 Å². The molecule has 9 heteroatoms. The first-order chi connectivity index (χ1) is 16.6. The molecule has 1 heterocycles. The van der Waals surface area contributed by atoms with Crippen LogP contribution in [-0.4, -0.2) is 41.6 Å². The highest BCUT2D eigenvalue weighted by Crippen LogP contribution is 2.26. The van der Waals surface area contributed by atoms with Crippen molar-refractivity contribution in [3.05, 3.63) is 76.1 Å². The van der Waals surface area contributed by atoms with Gasteiger partial charge in [0.05, 0.1) is 5.69 Å². The summed E-state index contributed by atoms with van der Waals surface area (Å²) in [5.74, 6) is 0.531. The second-order valence-electron chi connectivity index (χ2n) is 9.18. The molecule has 0 fully saturated rings. The van der Waals surface area contributed by atoms with E-state index in [9.17, 15) is 9.59 Å². The van der Waals surface area contributed by atoms with Gasteiger partial charge in [-0.05, 0) is 61.7 Å². The van der Waals surface area contributed by atoms with Crippen molar-refractivity contribution in [1.82, 2.24) is 10.1 Å². The van der Waals surface area contributed by atoms with Crippen LogP contribution in [-0.2, 0) is 11.3 Å². The van der Waals surface area contributed by atoms with Gasteiger partial charge in [0, 0.05) is 23.8 Å². The lowest BCUT2D eigenvalue weighted by Gasteiger charge is -2.32. The predicted octanol–water partition coefficient (Wildman–Crippen LogP) is 4.59. The Morgan fingerprint density at radius 2 is 1.89 bits per heavy atom. The number of hydrogen-bond donors (Lipinski definition) is 2. The number of carbonyl (C=O) groups is 2. The highest BCUT2D eigenvalue weighted by atomic mass is 35.5. The first kappa shape index (κ1) is 26.2. The number of nitrogens with two attached hydrogens (primary N) is 1. The number of aromatic nitrogens is 1. The van der Waals surface area contributed by atoms with Crippen LogP contribution in [0.4, 0.5) is 5.69 Å². The quantitative estimate of drug-likeness (QED) is 0.423. The minimum Gasteiger partial charge on any atom is -0.484 e. The van der Waals surface area contributed by atoms with E-state index >= 15 is 0 Å². The molecule has 3 aromatic rings. The number of benzene rings is 2. The van der Waals surface area contributed by atoms with Crippen LogP contribution >= 0.6 is 11.6 Å². The zero-order valence-corrected chi connectivity index (χ0v) is 21.2. The Labute approximate surface area is 210 Å². The predicted molar refractivity (Wildman–Crippen MR) is 136 cm³/mol. The first-order valence-corrected chi connectivity index (χ1v) is 11.7. The third-order valence-corrected chi connectivity index (χ3v) is 5.88. The summed E-state index contributed by atoms with van der Waals surface area (Å²) in [7, 11) is 0. The Bertz CT molecular complexity index is 1160. The Balaban J connectivity index is 1.78. The van der Waals surface area contributed by atoms with Gasteiger partial charge in [0.25, 0.3) is 11.8 Å². The van der Waals surface area contributed by atoms with Gasteiger partial charge >= 0.3 is 0 Å². The van der Waals surface area contributed by atoms with Gasteiger partial charge in [-0.15, -0.1) is 0 Å². The van der Waals surface area contributed by atoms with Crippen molar-refractivity contribution in [3.8, 4) is 5.75 Å². The lowest BCUT2D eigenvalue weighted by atomic mass is 9.92. The van der Waals surface area contributed by atoms with Crippen LogP contribution in [0, 0.1) is 19.3 Å². The smallest absolute Gasteiger partial charge is 0.262 e. The van der Waals surface area contributed by atoms with Crippen molar-refractivity contribution >= 4 is 29.1 Å². The van der Waals surface area contributed by atoms with E-state index in [1.54, 1.807) is 49.1 Å². The normalized spacial score (nSPS) is 11.3. The molecule has 0 radical (unpaired) electrons. The van der Waals surface area contributed by atoms with E-state index in [0.29, 0.717) is 52.1 Å². The van der Waals surface area contributed by atoms with Crippen LogP contribution in [0.15, 0.2) is 53.1 Å². The standard InChI is InChI=1S/C26H31ClN4O4/c1-17-24(18(2)35-30-17)25(33)31(16-26(3,4)15-28)13-19-12-20(10-11-22(19)27)29-23(32)14-34-21-8-6-5-7-9-21/h5-12H,13-16,28H2,1-4H3,(H,29,32). The summed E-state index contributed by atoms with van der Waals surface area (Å²) in [5, 5.41) is 7.21. The molecule has 3 rings (SSSR count). The maximum atomic E-state index is 13.5. The molecule has 0 bridgehead atoms. The number of aryl methyl sites for hydroxylation is 2. The second kappa shape index (κ2) is 11.4. The monoisotopic (exact) mass is 498 g/mol. The number of nitrogens with one attached hydrogen (secondary N) is 1. The molecule has 186 valence electrons. The van der Waals surface area contributed by atoms with Crippen molar-refractivity contribution in [3.63, 3.8) is 0 Å². The molecule has 2 amide bonds. The van der Waals surface area contributed by atoms with Crippen LogP contribution in [0.1, 0.15) is 41.2 Å². The van der Waals surface area contributed by atoms with Crippen molar-refractivity contribution in [2.45, 2.75) is 34.2 Å². The van der Waals surface area contributed by atoms with E-state index in [-0.39, 0.29) is 30.4 Å². The van der Waals surface area contributed by atoms with Gasteiger partial charge in [-0.25, -0.2) is 0 Å². The third kappa shape index (κ3) is 7.07. The third-order valence-electron chi connectivity index (χ3n) is 5.51. The van der Waals surface area contributed by atoms with Crippen LogP contribution < -0.4 is 15.8 Å². The average molecular weight is 499 g/mol. The largest absolute Gasteiger partial charge is 0.484 e. The number of para-hydroxylation sites is 1. The lowest BCUT2D eigenvalue weighted by molar-refractivity contribution is -0.118. The van der Waals surface area contributed by atoms with E-state index in [1.165, 1.54) is 0 Å². The molecule has 0 saturated heterocycles. The first-order valence-electron chi connectivity index (χ1n) is 11.3. The fraction of sp³-hybridized carbons (Fsp3) is 0.346. The van der Waals surface area contributed by atoms with Gasteiger partial charge < -0.3 is 25.2 Å². The van der Waals surface area contributed by atoms with Gasteiger partial charge in [0.15, 0.2) is 6.61 Å². The number of hydrogen-bond acceptors (Lipinski definition) is 6. The number of anilines is 1. The fourth-order valence-electron chi connectivity index (χ4n) is 3.57. The van der Waals surface area contributed by atoms with Gasteiger partial charge in [0.1, 0.15) is 17.1 Å². The number of rotatable bonds is 10. The van der Waals surface area contributed by atoms with Crippen LogP contribution in [0.5, 0.6) is 5.75 Å². The van der Waals surface area contributed by atoms with Crippen LogP contribution in [0.25, 0.3) is 0 Å². The maximum absolute atomic E-state index is 13.5. The summed E-state index contributed by atoms with van der Waals surface area (Å²) in [4.78, 5) is 27.6. The van der Waals surface area contributed by atoms with E-state index in [0.717, 1.165) is 0 Å². The highest BCUT2D eigenvalue weighted by molar-refractivity contribution is 6.31. The molecule has 0 atom stereocenters. The number of nitrogens with zero attached hydrogens (tertiary/aromatic N) is 2. The Morgan fingerprint density at radius 1 is 1.17 bits per heavy atom. The maximum Gasteiger partial charge on any atom is 0.262 e. The molecule has 0 unspecified atom stereocenters. The average Bonchev–Trinajstić information content (AvgIpc) is 3.17. The highest BCUT2D eigenvalue weighted by Gasteiger charge is 2.29. The zero-order chi connectivity index (χ0) is 25.6. The molecule has 0 saturated carbocycles. The van der Waals surface area contributed by atoms with Crippen molar-refractivity contribution in [1.29, 1.82) is 0 Å². The van der Waals surface area contributed by atoms with E-state index < -0.39 is 0 Å². The molecule has 0 aliphatic rings. The SMILES string of the molecule is Cc1noc(C)c1C(=O)N(Cc1cc(NC(=O)COc2ccccc2)ccc1Cl)CC(C)(C)CN. The summed E-state index contributed by atoms with van der Waals surface area (Å²) >= 11 is 6.48. The molecule has 35 heavy (non-hydrogen) atoms. The number of carbonyl (C=O) groups excluding carboxylic acids is 2. The molecule has 2 aromatic carbocycles. The van der Waals surface area contributed by atoms with E-state index in [1.807, 2.05) is 32.0 Å². The fourth-order valence-corrected chi connectivity index (χ4v) is 3.75. The summed E-state index contributed by atoms with van der Waals surface area (Å²) in [5.41, 5.74) is 7.80. The van der Waals surface area contributed by atoms with Gasteiger partial charge in [-0.2, -0.15) is 0 Å². The minimum atomic E-state index is -0.332. The Morgan fingerprint density at radius 3 is 2.51 bits per heavy atom. The number of amides is 2. The van der Waals surface area contributed by atoms with Gasteiger partial charge in [0.2, 0.25) is 0 Å². The molecule has 0 aliphatic heterocycles. The van der Waals surface area contributed by atoms with Gasteiger partial charge in [-0.1, -0.05) is 48.8 Å². The lowest BCUT2D eigenvalue weighted by Crippen LogP contribution is -2.42. The minimum absolute atomic E-state index is 0.136. The summed E-state index contributed by atoms with van der Waals surface area (Å²) in [6.07, 6.45) is 0. The zero-order valence-electron chi connectivity index (χ0n) is 20.4. The second-order valence-corrected chi connectivity index (χ2v) is 9.59. The topological polar surface area (TPSA) is 111 Å². The molecule has 8 nitrogen and oxygen atoms in total. The van der Waals surface area contributed by atoms with E-state index in [4.69, 9.17) is 26.6 Å². The summed E-state index contributed by atoms with van der Waals surface area (Å²) < 4.78 is 10.7. The molecule has 3 N–H and O–H groups in total. The molecule has 1 aromatic heterocycles.